The molecule has 6 heteroatoms. The average molecular weight is 445 g/mol. The van der Waals surface area contributed by atoms with Crippen LogP contribution in [0, 0.1) is 12.8 Å². The fourth-order valence-corrected chi connectivity index (χ4v) is 3.94. The highest BCUT2D eigenvalue weighted by atomic mass is 16.5. The second-order valence-electron chi connectivity index (χ2n) is 8.41. The minimum Gasteiger partial charge on any atom is -0.484 e. The molecule has 0 bridgehead atoms. The molecular formula is C27H28N2O4. The zero-order valence-corrected chi connectivity index (χ0v) is 18.7. The quantitative estimate of drug-likeness (QED) is 0.377. The highest BCUT2D eigenvalue weighted by molar-refractivity contribution is 6.00. The Kier molecular flexibility index (Phi) is 6.63. The molecule has 33 heavy (non-hydrogen) atoms. The van der Waals surface area contributed by atoms with Crippen LogP contribution in [0.3, 0.4) is 0 Å². The van der Waals surface area contributed by atoms with Gasteiger partial charge in [-0.05, 0) is 61.1 Å². The van der Waals surface area contributed by atoms with E-state index < -0.39 is 5.97 Å². The van der Waals surface area contributed by atoms with Gasteiger partial charge in [-0.2, -0.15) is 0 Å². The predicted octanol–water partition coefficient (Wildman–Crippen LogP) is 6.36. The SMILES string of the molecule is CCC(Oc1ccc(C2CC2C(=O)O)cc1NC(=O)Nc1ccc(C)cc1)c1ccccc1. The first-order chi connectivity index (χ1) is 15.9. The number of carbonyl (C=O) groups is 2. The number of carboxylic acid groups (broad SMARTS) is 1. The van der Waals surface area contributed by atoms with Gasteiger partial charge in [-0.25, -0.2) is 4.79 Å². The van der Waals surface area contributed by atoms with E-state index in [4.69, 9.17) is 4.74 Å². The maximum absolute atomic E-state index is 12.7. The van der Waals surface area contributed by atoms with Crippen LogP contribution in [0.15, 0.2) is 72.8 Å². The number of rotatable bonds is 8. The van der Waals surface area contributed by atoms with Gasteiger partial charge in [-0.1, -0.05) is 61.0 Å². The molecule has 3 atom stereocenters. The van der Waals surface area contributed by atoms with Gasteiger partial charge in [0.1, 0.15) is 11.9 Å². The molecule has 2 amide bonds. The van der Waals surface area contributed by atoms with Gasteiger partial charge in [-0.3, -0.25) is 4.79 Å². The fraction of sp³-hybridized carbons (Fsp3) is 0.259. The van der Waals surface area contributed by atoms with Gasteiger partial charge in [-0.15, -0.1) is 0 Å². The summed E-state index contributed by atoms with van der Waals surface area (Å²) in [6.07, 6.45) is 1.18. The van der Waals surface area contributed by atoms with Gasteiger partial charge in [0.05, 0.1) is 11.6 Å². The molecule has 170 valence electrons. The van der Waals surface area contributed by atoms with E-state index in [-0.39, 0.29) is 24.0 Å². The van der Waals surface area contributed by atoms with Crippen molar-refractivity contribution in [2.75, 3.05) is 10.6 Å². The van der Waals surface area contributed by atoms with E-state index in [0.717, 1.165) is 23.1 Å². The number of ether oxygens (including phenoxy) is 1. The maximum Gasteiger partial charge on any atom is 0.323 e. The lowest BCUT2D eigenvalue weighted by Crippen LogP contribution is -2.20. The van der Waals surface area contributed by atoms with E-state index in [1.807, 2.05) is 86.6 Å². The van der Waals surface area contributed by atoms with Crippen LogP contribution in [-0.4, -0.2) is 17.1 Å². The molecule has 1 fully saturated rings. The Bertz CT molecular complexity index is 1130. The molecule has 1 aliphatic rings. The Morgan fingerprint density at radius 1 is 1.03 bits per heavy atom. The van der Waals surface area contributed by atoms with Crippen molar-refractivity contribution >= 4 is 23.4 Å². The first-order valence-corrected chi connectivity index (χ1v) is 11.2. The van der Waals surface area contributed by atoms with Crippen LogP contribution in [0.5, 0.6) is 5.75 Å². The lowest BCUT2D eigenvalue weighted by Gasteiger charge is -2.21. The van der Waals surface area contributed by atoms with Crippen molar-refractivity contribution in [3.05, 3.63) is 89.5 Å². The van der Waals surface area contributed by atoms with E-state index in [9.17, 15) is 14.7 Å². The number of carbonyl (C=O) groups excluding carboxylic acids is 1. The largest absolute Gasteiger partial charge is 0.484 e. The summed E-state index contributed by atoms with van der Waals surface area (Å²) < 4.78 is 6.32. The summed E-state index contributed by atoms with van der Waals surface area (Å²) in [6, 6.07) is 22.6. The normalized spacial score (nSPS) is 17.6. The number of benzene rings is 3. The molecule has 6 nitrogen and oxygen atoms in total. The Balaban J connectivity index is 1.57. The van der Waals surface area contributed by atoms with Gasteiger partial charge in [0.2, 0.25) is 0 Å². The fourth-order valence-electron chi connectivity index (χ4n) is 3.94. The zero-order valence-electron chi connectivity index (χ0n) is 18.7. The zero-order chi connectivity index (χ0) is 23.4. The average Bonchev–Trinajstić information content (AvgIpc) is 3.62. The summed E-state index contributed by atoms with van der Waals surface area (Å²) in [5.74, 6) is -0.671. The summed E-state index contributed by atoms with van der Waals surface area (Å²) >= 11 is 0. The summed E-state index contributed by atoms with van der Waals surface area (Å²) in [6.45, 7) is 4.03. The smallest absolute Gasteiger partial charge is 0.323 e. The molecule has 1 saturated carbocycles. The summed E-state index contributed by atoms with van der Waals surface area (Å²) in [5.41, 5.74) is 4.23. The van der Waals surface area contributed by atoms with Crippen LogP contribution in [0.1, 0.15) is 48.5 Å². The number of urea groups is 1. The Labute approximate surface area is 193 Å². The summed E-state index contributed by atoms with van der Waals surface area (Å²) in [7, 11) is 0. The molecule has 3 aromatic carbocycles. The number of hydrogen-bond acceptors (Lipinski definition) is 3. The third-order valence-corrected chi connectivity index (χ3v) is 5.91. The third kappa shape index (κ3) is 5.52. The lowest BCUT2D eigenvalue weighted by molar-refractivity contribution is -0.138. The van der Waals surface area contributed by atoms with Crippen molar-refractivity contribution in [3.8, 4) is 5.75 Å². The predicted molar refractivity (Wildman–Crippen MR) is 129 cm³/mol. The molecule has 0 aliphatic heterocycles. The van der Waals surface area contributed by atoms with Crippen molar-refractivity contribution in [1.82, 2.24) is 0 Å². The highest BCUT2D eigenvalue weighted by Crippen LogP contribution is 2.49. The Morgan fingerprint density at radius 2 is 1.76 bits per heavy atom. The molecule has 0 spiro atoms. The number of carboxylic acids is 1. The number of amides is 2. The van der Waals surface area contributed by atoms with Crippen LogP contribution < -0.4 is 15.4 Å². The van der Waals surface area contributed by atoms with E-state index in [2.05, 4.69) is 10.6 Å². The second kappa shape index (κ2) is 9.77. The van der Waals surface area contributed by atoms with E-state index >= 15 is 0 Å². The van der Waals surface area contributed by atoms with E-state index in [1.165, 1.54) is 0 Å². The molecule has 3 unspecified atom stereocenters. The van der Waals surface area contributed by atoms with Crippen LogP contribution in [0.25, 0.3) is 0 Å². The number of aryl methyl sites for hydroxylation is 1. The van der Waals surface area contributed by atoms with Gasteiger partial charge in [0.15, 0.2) is 0 Å². The van der Waals surface area contributed by atoms with Gasteiger partial charge >= 0.3 is 12.0 Å². The molecule has 4 rings (SSSR count). The van der Waals surface area contributed by atoms with Crippen LogP contribution >= 0.6 is 0 Å². The first kappa shape index (κ1) is 22.4. The summed E-state index contributed by atoms with van der Waals surface area (Å²) in [5, 5.41) is 15.0. The van der Waals surface area contributed by atoms with Crippen molar-refractivity contribution < 1.29 is 19.4 Å². The van der Waals surface area contributed by atoms with Crippen molar-refractivity contribution in [2.45, 2.75) is 38.7 Å². The van der Waals surface area contributed by atoms with Crippen LogP contribution in [0.2, 0.25) is 0 Å². The summed E-state index contributed by atoms with van der Waals surface area (Å²) in [4.78, 5) is 24.1. The molecule has 0 heterocycles. The number of nitrogens with one attached hydrogen (secondary N) is 2. The van der Waals surface area contributed by atoms with Crippen molar-refractivity contribution in [2.24, 2.45) is 5.92 Å². The monoisotopic (exact) mass is 444 g/mol. The molecule has 0 radical (unpaired) electrons. The molecule has 0 aromatic heterocycles. The van der Waals surface area contributed by atoms with Gasteiger partial charge in [0, 0.05) is 5.69 Å². The molecule has 0 saturated heterocycles. The second-order valence-corrected chi connectivity index (χ2v) is 8.41. The highest BCUT2D eigenvalue weighted by Gasteiger charge is 2.44. The third-order valence-electron chi connectivity index (χ3n) is 5.91. The first-order valence-electron chi connectivity index (χ1n) is 11.2. The minimum atomic E-state index is -0.790. The van der Waals surface area contributed by atoms with Gasteiger partial charge in [0.25, 0.3) is 0 Å². The number of hydrogen-bond donors (Lipinski definition) is 3. The molecular weight excluding hydrogens is 416 g/mol. The van der Waals surface area contributed by atoms with E-state index in [0.29, 0.717) is 23.5 Å². The molecule has 3 aromatic rings. The van der Waals surface area contributed by atoms with Crippen molar-refractivity contribution in [3.63, 3.8) is 0 Å². The molecule has 1 aliphatic carbocycles. The van der Waals surface area contributed by atoms with E-state index in [1.54, 1.807) is 0 Å². The number of aliphatic carboxylic acids is 1. The standard InChI is InChI=1S/C27H28N2O4/c1-3-24(18-7-5-4-6-8-18)33-25-14-11-19(21-16-22(21)26(30)31)15-23(25)29-27(32)28-20-12-9-17(2)10-13-20/h4-15,21-22,24H,3,16H2,1-2H3,(H,30,31)(H2,28,29,32). The number of anilines is 2. The van der Waals surface area contributed by atoms with Crippen molar-refractivity contribution in [1.29, 1.82) is 0 Å². The van der Waals surface area contributed by atoms with Gasteiger partial charge < -0.3 is 20.5 Å². The van der Waals surface area contributed by atoms with Crippen LogP contribution in [0.4, 0.5) is 16.2 Å². The Hall–Kier alpha value is -3.80. The Morgan fingerprint density at radius 3 is 2.39 bits per heavy atom. The topological polar surface area (TPSA) is 87.7 Å². The lowest BCUT2D eigenvalue weighted by atomic mass is 10.1. The minimum absolute atomic E-state index is 0.0478. The molecule has 3 N–H and O–H groups in total. The maximum atomic E-state index is 12.7. The van der Waals surface area contributed by atoms with Crippen LogP contribution in [-0.2, 0) is 4.79 Å².